The first-order valence-electron chi connectivity index (χ1n) is 6.42. The van der Waals surface area contributed by atoms with Crippen LogP contribution in [0.4, 0.5) is 0 Å². The van der Waals surface area contributed by atoms with Gasteiger partial charge in [-0.15, -0.1) is 0 Å². The lowest BCUT2D eigenvalue weighted by molar-refractivity contribution is -0.140. The predicted octanol–water partition coefficient (Wildman–Crippen LogP) is 2.92. The molecule has 0 aliphatic heterocycles. The van der Waals surface area contributed by atoms with Gasteiger partial charge in [0.2, 0.25) is 0 Å². The second-order valence-electron chi connectivity index (χ2n) is 4.35. The van der Waals surface area contributed by atoms with E-state index in [1.807, 2.05) is 19.9 Å². The van der Waals surface area contributed by atoms with E-state index >= 15 is 0 Å². The van der Waals surface area contributed by atoms with Gasteiger partial charge in [0.25, 0.3) is 0 Å². The van der Waals surface area contributed by atoms with Gasteiger partial charge in [-0.2, -0.15) is 0 Å². The van der Waals surface area contributed by atoms with E-state index in [4.69, 9.17) is 4.74 Å². The van der Waals surface area contributed by atoms with E-state index in [-0.39, 0.29) is 24.6 Å². The highest BCUT2D eigenvalue weighted by Crippen LogP contribution is 2.22. The van der Waals surface area contributed by atoms with Gasteiger partial charge in [-0.05, 0) is 25.5 Å². The van der Waals surface area contributed by atoms with E-state index < -0.39 is 0 Å². The van der Waals surface area contributed by atoms with Crippen LogP contribution in [0, 0.1) is 6.92 Å². The number of hydrogen-bond acceptors (Lipinski definition) is 4. The van der Waals surface area contributed by atoms with Crippen molar-refractivity contribution in [2.45, 2.75) is 33.1 Å². The van der Waals surface area contributed by atoms with E-state index in [1.165, 1.54) is 7.11 Å². The molecule has 0 N–H and O–H groups in total. The van der Waals surface area contributed by atoms with Gasteiger partial charge in [-0.1, -0.05) is 18.6 Å². The maximum absolute atomic E-state index is 12.1. The van der Waals surface area contributed by atoms with Gasteiger partial charge in [0, 0.05) is 6.42 Å². The van der Waals surface area contributed by atoms with E-state index in [1.54, 1.807) is 12.1 Å². The fraction of sp³-hybridized carbons (Fsp3) is 0.467. The first-order chi connectivity index (χ1) is 9.08. The zero-order chi connectivity index (χ0) is 14.3. The highest BCUT2D eigenvalue weighted by molar-refractivity contribution is 6.00. The summed E-state index contributed by atoms with van der Waals surface area (Å²) in [4.78, 5) is 23.2. The molecule has 0 amide bonds. The molecule has 0 atom stereocenters. The molecule has 0 aliphatic carbocycles. The largest absolute Gasteiger partial charge is 0.493 e. The third kappa shape index (κ3) is 4.73. The summed E-state index contributed by atoms with van der Waals surface area (Å²) in [7, 11) is 1.31. The number of aryl methyl sites for hydroxylation is 1. The summed E-state index contributed by atoms with van der Waals surface area (Å²) in [6.45, 7) is 4.49. The van der Waals surface area contributed by atoms with Gasteiger partial charge >= 0.3 is 5.97 Å². The number of methoxy groups -OCH3 is 1. The Morgan fingerprint density at radius 2 is 1.95 bits per heavy atom. The summed E-state index contributed by atoms with van der Waals surface area (Å²) in [6, 6.07) is 5.50. The number of hydrogen-bond donors (Lipinski definition) is 0. The molecule has 4 heteroatoms. The average Bonchev–Trinajstić information content (AvgIpc) is 2.42. The molecule has 4 nitrogen and oxygen atoms in total. The smallest absolute Gasteiger partial charge is 0.305 e. The molecule has 0 heterocycles. The molecule has 104 valence electrons. The lowest BCUT2D eigenvalue weighted by atomic mass is 10.0. The molecule has 0 aromatic heterocycles. The minimum Gasteiger partial charge on any atom is -0.493 e. The van der Waals surface area contributed by atoms with Gasteiger partial charge in [-0.3, -0.25) is 9.59 Å². The number of benzene rings is 1. The van der Waals surface area contributed by atoms with Crippen molar-refractivity contribution in [2.24, 2.45) is 0 Å². The van der Waals surface area contributed by atoms with Gasteiger partial charge in [-0.25, -0.2) is 0 Å². The quantitative estimate of drug-likeness (QED) is 0.561. The molecule has 0 radical (unpaired) electrons. The topological polar surface area (TPSA) is 52.6 Å². The number of carbonyl (C=O) groups is 2. The highest BCUT2D eigenvalue weighted by Gasteiger charge is 2.14. The van der Waals surface area contributed by atoms with Crippen LogP contribution in [0.1, 0.15) is 42.1 Å². The van der Waals surface area contributed by atoms with Crippen molar-refractivity contribution in [1.29, 1.82) is 0 Å². The third-order valence-electron chi connectivity index (χ3n) is 2.68. The van der Waals surface area contributed by atoms with Crippen LogP contribution >= 0.6 is 0 Å². The van der Waals surface area contributed by atoms with Crippen LogP contribution in [0.5, 0.6) is 5.75 Å². The lowest BCUT2D eigenvalue weighted by Gasteiger charge is -2.11. The van der Waals surface area contributed by atoms with Crippen molar-refractivity contribution in [1.82, 2.24) is 0 Å². The maximum Gasteiger partial charge on any atom is 0.305 e. The van der Waals surface area contributed by atoms with Gasteiger partial charge in [0.15, 0.2) is 5.78 Å². The Labute approximate surface area is 113 Å². The molecule has 0 spiro atoms. The molecule has 1 rings (SSSR count). The van der Waals surface area contributed by atoms with Crippen molar-refractivity contribution in [2.75, 3.05) is 13.7 Å². The van der Waals surface area contributed by atoms with Crippen molar-refractivity contribution < 1.29 is 19.1 Å². The Hall–Kier alpha value is -1.84. The van der Waals surface area contributed by atoms with Crippen LogP contribution in [0.15, 0.2) is 18.2 Å². The summed E-state index contributed by atoms with van der Waals surface area (Å²) in [5, 5.41) is 0. The number of Topliss-reactive ketones (excluding diaryl/α,β-unsaturated/α-hetero) is 1. The van der Waals surface area contributed by atoms with E-state index in [0.717, 1.165) is 12.0 Å². The molecule has 0 fully saturated rings. The zero-order valence-corrected chi connectivity index (χ0v) is 11.7. The summed E-state index contributed by atoms with van der Waals surface area (Å²) in [5.41, 5.74) is 1.53. The molecule has 19 heavy (non-hydrogen) atoms. The third-order valence-corrected chi connectivity index (χ3v) is 2.68. The minimum absolute atomic E-state index is 0.0937. The summed E-state index contributed by atoms with van der Waals surface area (Å²) in [5.74, 6) is 0.111. The molecule has 0 aliphatic rings. The molecule has 0 bridgehead atoms. The summed E-state index contributed by atoms with van der Waals surface area (Å²) in [6.07, 6.45) is 1.11. The first-order valence-corrected chi connectivity index (χ1v) is 6.42. The minimum atomic E-state index is -0.378. The predicted molar refractivity (Wildman–Crippen MR) is 72.5 cm³/mol. The van der Waals surface area contributed by atoms with E-state index in [2.05, 4.69) is 4.74 Å². The number of esters is 1. The SMILES string of the molecule is CCCOc1ccc(C)cc1C(=O)CCC(=O)OC. The lowest BCUT2D eigenvalue weighted by Crippen LogP contribution is -2.08. The molecule has 0 unspecified atom stereocenters. The van der Waals surface area contributed by atoms with Crippen LogP contribution in [-0.4, -0.2) is 25.5 Å². The monoisotopic (exact) mass is 264 g/mol. The van der Waals surface area contributed by atoms with Crippen molar-refractivity contribution in [3.8, 4) is 5.75 Å². The number of carbonyl (C=O) groups excluding carboxylic acids is 2. The number of rotatable bonds is 7. The summed E-state index contributed by atoms with van der Waals surface area (Å²) >= 11 is 0. The Morgan fingerprint density at radius 1 is 1.21 bits per heavy atom. The zero-order valence-electron chi connectivity index (χ0n) is 11.7. The number of ketones is 1. The van der Waals surface area contributed by atoms with Crippen molar-refractivity contribution >= 4 is 11.8 Å². The molecular formula is C15H20O4. The number of ether oxygens (including phenoxy) is 2. The standard InChI is InChI=1S/C15H20O4/c1-4-9-19-14-7-5-11(2)10-12(14)13(16)6-8-15(17)18-3/h5,7,10H,4,6,8-9H2,1-3H3. The fourth-order valence-electron chi connectivity index (χ4n) is 1.65. The van der Waals surface area contributed by atoms with Gasteiger partial charge in [0.1, 0.15) is 5.75 Å². The van der Waals surface area contributed by atoms with Crippen LogP contribution in [-0.2, 0) is 9.53 Å². The van der Waals surface area contributed by atoms with Crippen LogP contribution in [0.25, 0.3) is 0 Å². The van der Waals surface area contributed by atoms with E-state index in [9.17, 15) is 9.59 Å². The molecule has 1 aromatic carbocycles. The molecule has 0 saturated heterocycles. The second kappa shape index (κ2) is 7.56. The maximum atomic E-state index is 12.1. The molecular weight excluding hydrogens is 244 g/mol. The first kappa shape index (κ1) is 15.2. The second-order valence-corrected chi connectivity index (χ2v) is 4.35. The normalized spacial score (nSPS) is 10.1. The van der Waals surface area contributed by atoms with Crippen molar-refractivity contribution in [3.05, 3.63) is 29.3 Å². The van der Waals surface area contributed by atoms with Crippen LogP contribution in [0.2, 0.25) is 0 Å². The van der Waals surface area contributed by atoms with Crippen molar-refractivity contribution in [3.63, 3.8) is 0 Å². The van der Waals surface area contributed by atoms with E-state index in [0.29, 0.717) is 17.9 Å². The Bertz CT molecular complexity index is 451. The Kier molecular flexibility index (Phi) is 6.06. The van der Waals surface area contributed by atoms with Crippen LogP contribution in [0.3, 0.4) is 0 Å². The highest BCUT2D eigenvalue weighted by atomic mass is 16.5. The Balaban J connectivity index is 2.81. The molecule has 0 saturated carbocycles. The average molecular weight is 264 g/mol. The molecule has 1 aromatic rings. The van der Waals surface area contributed by atoms with Gasteiger partial charge in [0.05, 0.1) is 25.7 Å². The summed E-state index contributed by atoms with van der Waals surface area (Å²) < 4.78 is 10.1. The fourth-order valence-corrected chi connectivity index (χ4v) is 1.65. The van der Waals surface area contributed by atoms with Gasteiger partial charge < -0.3 is 9.47 Å². The Morgan fingerprint density at radius 3 is 2.58 bits per heavy atom. The van der Waals surface area contributed by atoms with Crippen LogP contribution < -0.4 is 4.74 Å².